The van der Waals surface area contributed by atoms with Crippen molar-refractivity contribution in [1.29, 1.82) is 5.26 Å². The summed E-state index contributed by atoms with van der Waals surface area (Å²) in [5.41, 5.74) is 0.0165. The van der Waals surface area contributed by atoms with Crippen LogP contribution >= 0.6 is 0 Å². The number of aryl methyl sites for hydroxylation is 1. The fourth-order valence-electron chi connectivity index (χ4n) is 6.64. The van der Waals surface area contributed by atoms with Crippen LogP contribution in [0.25, 0.3) is 11.0 Å². The molecule has 0 unspecified atom stereocenters. The van der Waals surface area contributed by atoms with Gasteiger partial charge in [-0.2, -0.15) is 18.4 Å². The van der Waals surface area contributed by atoms with Crippen molar-refractivity contribution in [1.82, 2.24) is 14.5 Å². The minimum atomic E-state index is -4.60. The number of hydrogen-bond acceptors (Lipinski definition) is 6. The fourth-order valence-corrected chi connectivity index (χ4v) is 6.64. The lowest BCUT2D eigenvalue weighted by Gasteiger charge is -2.42. The highest BCUT2D eigenvalue weighted by Crippen LogP contribution is 2.47. The zero-order valence-corrected chi connectivity index (χ0v) is 22.3. The number of ether oxygens (including phenoxy) is 1. The smallest absolute Gasteiger partial charge is 0.418 e. The van der Waals surface area contributed by atoms with Crippen LogP contribution in [0.3, 0.4) is 0 Å². The lowest BCUT2D eigenvalue weighted by Crippen LogP contribution is -2.47. The van der Waals surface area contributed by atoms with E-state index in [4.69, 9.17) is 4.74 Å². The van der Waals surface area contributed by atoms with E-state index in [-0.39, 0.29) is 35.3 Å². The zero-order chi connectivity index (χ0) is 28.4. The van der Waals surface area contributed by atoms with Gasteiger partial charge in [0.05, 0.1) is 39.2 Å². The van der Waals surface area contributed by atoms with Gasteiger partial charge in [-0.1, -0.05) is 0 Å². The van der Waals surface area contributed by atoms with Crippen molar-refractivity contribution < 1.29 is 27.8 Å². The number of likely N-dealkylation sites (tertiary alicyclic amines) is 1. The summed E-state index contributed by atoms with van der Waals surface area (Å²) < 4.78 is 49.9. The van der Waals surface area contributed by atoms with Gasteiger partial charge >= 0.3 is 6.18 Å². The molecule has 3 aromatic rings. The van der Waals surface area contributed by atoms with Crippen LogP contribution in [0.2, 0.25) is 0 Å². The van der Waals surface area contributed by atoms with E-state index in [1.54, 1.807) is 42.7 Å². The Balaban J connectivity index is 1.15. The second-order valence-electron chi connectivity index (χ2n) is 11.5. The number of nitriles is 1. The van der Waals surface area contributed by atoms with Gasteiger partial charge in [-0.05, 0) is 82.4 Å². The third-order valence-electron chi connectivity index (χ3n) is 8.69. The molecule has 40 heavy (non-hydrogen) atoms. The molecule has 0 radical (unpaired) electrons. The predicted octanol–water partition coefficient (Wildman–Crippen LogP) is 4.69. The molecule has 2 fully saturated rings. The molecule has 2 aliphatic heterocycles. The van der Waals surface area contributed by atoms with Gasteiger partial charge < -0.3 is 19.7 Å². The maximum Gasteiger partial charge on any atom is 0.418 e. The first-order valence-corrected chi connectivity index (χ1v) is 13.4. The van der Waals surface area contributed by atoms with Crippen LogP contribution in [-0.2, 0) is 16.4 Å². The number of carbonyl (C=O) groups is 1. The van der Waals surface area contributed by atoms with E-state index in [0.717, 1.165) is 17.3 Å². The van der Waals surface area contributed by atoms with E-state index in [2.05, 4.69) is 21.3 Å². The monoisotopic (exact) mass is 553 g/mol. The molecule has 0 bridgehead atoms. The first kappa shape index (κ1) is 26.6. The van der Waals surface area contributed by atoms with Gasteiger partial charge in [0.25, 0.3) is 0 Å². The summed E-state index contributed by atoms with van der Waals surface area (Å²) in [7, 11) is 0. The number of hydrogen-bond donors (Lipinski definition) is 2. The number of piperidine rings is 1. The lowest BCUT2D eigenvalue weighted by molar-refractivity contribution is -0.136. The van der Waals surface area contributed by atoms with E-state index in [1.807, 2.05) is 0 Å². The minimum absolute atomic E-state index is 0.0221. The van der Waals surface area contributed by atoms with Crippen LogP contribution in [-0.4, -0.2) is 57.3 Å². The molecule has 0 atom stereocenters. The van der Waals surface area contributed by atoms with Gasteiger partial charge in [0.2, 0.25) is 5.91 Å². The second-order valence-corrected chi connectivity index (χ2v) is 11.5. The topological polar surface area (TPSA) is 103 Å². The Morgan fingerprint density at radius 1 is 1.23 bits per heavy atom. The number of alkyl halides is 3. The maximum absolute atomic E-state index is 14.2. The molecule has 3 heterocycles. The van der Waals surface area contributed by atoms with Crippen molar-refractivity contribution in [3.8, 4) is 11.8 Å². The Morgan fingerprint density at radius 3 is 2.60 bits per heavy atom. The zero-order valence-electron chi connectivity index (χ0n) is 22.3. The molecule has 3 aliphatic rings. The van der Waals surface area contributed by atoms with Crippen molar-refractivity contribution in [2.45, 2.75) is 62.8 Å². The van der Waals surface area contributed by atoms with Crippen molar-refractivity contribution in [2.75, 3.05) is 31.6 Å². The fraction of sp³-hybridized carbons (Fsp3) is 0.483. The van der Waals surface area contributed by atoms with Crippen molar-refractivity contribution >= 4 is 22.6 Å². The Bertz CT molecular complexity index is 1540. The van der Waals surface area contributed by atoms with Gasteiger partial charge in [0, 0.05) is 24.3 Å². The number of imidazole rings is 1. The SMILES string of the molecule is Cc1nc2cc(OCCN3CCC4(CC3)C(=O)Nc3ccc(C#N)cc34)cc(C(F)(F)F)c2n1C1CC(C)(O)C1. The lowest BCUT2D eigenvalue weighted by atomic mass is 9.73. The van der Waals surface area contributed by atoms with Gasteiger partial charge in [0.1, 0.15) is 18.2 Å². The predicted molar refractivity (Wildman–Crippen MR) is 141 cm³/mol. The quantitative estimate of drug-likeness (QED) is 0.476. The number of nitrogens with zero attached hydrogens (tertiary/aromatic N) is 4. The molecule has 2 aromatic carbocycles. The largest absolute Gasteiger partial charge is 0.492 e. The molecule has 1 spiro atoms. The minimum Gasteiger partial charge on any atom is -0.492 e. The van der Waals surface area contributed by atoms with E-state index in [9.17, 15) is 28.3 Å². The molecule has 1 aliphatic carbocycles. The number of halogens is 3. The third kappa shape index (κ3) is 4.39. The highest BCUT2D eigenvalue weighted by atomic mass is 19.4. The van der Waals surface area contributed by atoms with Crippen LogP contribution in [0.4, 0.5) is 18.9 Å². The first-order chi connectivity index (χ1) is 18.9. The standard InChI is InChI=1S/C29H30F3N5O3/c1-17-34-24-13-20(12-22(29(30,31)32)25(24)37(17)19-14-27(2,39)15-19)40-10-9-36-7-5-28(6-8-36)21-11-18(16-33)3-4-23(21)35-26(28)38/h3-4,11-13,19,39H,5-10,14-15H2,1-2H3,(H,35,38). The molecule has 8 nitrogen and oxygen atoms in total. The summed E-state index contributed by atoms with van der Waals surface area (Å²) in [5.74, 6) is 0.522. The van der Waals surface area contributed by atoms with Crippen LogP contribution in [0.5, 0.6) is 5.75 Å². The molecule has 1 amide bonds. The van der Waals surface area contributed by atoms with Gasteiger partial charge in [-0.15, -0.1) is 0 Å². The van der Waals surface area contributed by atoms with Crippen LogP contribution < -0.4 is 10.1 Å². The average molecular weight is 554 g/mol. The van der Waals surface area contributed by atoms with Crippen molar-refractivity contribution in [2.24, 2.45) is 0 Å². The van der Waals surface area contributed by atoms with E-state index >= 15 is 0 Å². The second kappa shape index (κ2) is 9.21. The van der Waals surface area contributed by atoms with Gasteiger partial charge in [-0.25, -0.2) is 4.98 Å². The van der Waals surface area contributed by atoms with E-state index in [1.165, 1.54) is 0 Å². The number of aliphatic hydroxyl groups is 1. The highest BCUT2D eigenvalue weighted by molar-refractivity contribution is 6.06. The summed E-state index contributed by atoms with van der Waals surface area (Å²) in [4.78, 5) is 19.4. The Kier molecular flexibility index (Phi) is 6.12. The molecule has 210 valence electrons. The van der Waals surface area contributed by atoms with E-state index in [0.29, 0.717) is 56.7 Å². The number of amides is 1. The van der Waals surface area contributed by atoms with Crippen LogP contribution in [0, 0.1) is 18.3 Å². The number of rotatable bonds is 5. The normalized spacial score (nSPS) is 24.0. The molecule has 1 aromatic heterocycles. The first-order valence-electron chi connectivity index (χ1n) is 13.4. The molecule has 1 saturated carbocycles. The van der Waals surface area contributed by atoms with Gasteiger partial charge in [0.15, 0.2) is 0 Å². The summed E-state index contributed by atoms with van der Waals surface area (Å²) in [6.45, 7) is 5.28. The van der Waals surface area contributed by atoms with Crippen LogP contribution in [0.15, 0.2) is 30.3 Å². The molecular formula is C29H30F3N5O3. The number of nitrogens with one attached hydrogen (secondary N) is 1. The molecule has 6 rings (SSSR count). The number of carbonyl (C=O) groups excluding carboxylic acids is 1. The summed E-state index contributed by atoms with van der Waals surface area (Å²) in [6, 6.07) is 9.73. The molecule has 1 saturated heterocycles. The third-order valence-corrected chi connectivity index (χ3v) is 8.69. The maximum atomic E-state index is 14.2. The summed E-state index contributed by atoms with van der Waals surface area (Å²) in [6.07, 6.45) is -2.69. The number of anilines is 1. The van der Waals surface area contributed by atoms with Gasteiger partial charge in [-0.3, -0.25) is 9.69 Å². The number of benzene rings is 2. The van der Waals surface area contributed by atoms with E-state index < -0.39 is 22.8 Å². The average Bonchev–Trinajstić information content (AvgIpc) is 3.34. The Morgan fingerprint density at radius 2 is 1.95 bits per heavy atom. The summed E-state index contributed by atoms with van der Waals surface area (Å²) >= 11 is 0. The highest BCUT2D eigenvalue weighted by Gasteiger charge is 2.48. The van der Waals surface area contributed by atoms with Crippen molar-refractivity contribution in [3.05, 3.63) is 52.8 Å². The molecule has 11 heteroatoms. The summed E-state index contributed by atoms with van der Waals surface area (Å²) in [5, 5.41) is 22.4. The molecular weight excluding hydrogens is 523 g/mol. The van der Waals surface area contributed by atoms with Crippen molar-refractivity contribution in [3.63, 3.8) is 0 Å². The molecule has 2 N–H and O–H groups in total. The van der Waals surface area contributed by atoms with Crippen LogP contribution in [0.1, 0.15) is 61.2 Å². The number of aromatic nitrogens is 2. The Hall–Kier alpha value is -3.62. The Labute approximate surface area is 229 Å². The number of fused-ring (bicyclic) bond motifs is 3.